The Kier molecular flexibility index (Phi) is 7.02. The van der Waals surface area contributed by atoms with E-state index in [1.165, 1.54) is 12.7 Å². The van der Waals surface area contributed by atoms with Crippen molar-refractivity contribution in [3.8, 4) is 0 Å². The Morgan fingerprint density at radius 3 is 2.75 bits per heavy atom. The fourth-order valence-electron chi connectivity index (χ4n) is 6.29. The van der Waals surface area contributed by atoms with E-state index >= 15 is 0 Å². The van der Waals surface area contributed by atoms with E-state index in [9.17, 15) is 15.3 Å². The number of hydrogen-bond acceptors (Lipinski definition) is 9. The molecule has 3 aromatic heterocycles. The molecule has 0 amide bonds. The first kappa shape index (κ1) is 27.1. The topological polar surface area (TPSA) is 168 Å². The van der Waals surface area contributed by atoms with Gasteiger partial charge < -0.3 is 30.8 Å². The summed E-state index contributed by atoms with van der Waals surface area (Å²) in [5.41, 5.74) is 9.60. The molecule has 0 spiro atoms. The lowest BCUT2D eigenvalue weighted by Crippen LogP contribution is -2.35. The number of aliphatic hydroxyl groups excluding tert-OH is 3. The molecule has 6 rings (SSSR count). The van der Waals surface area contributed by atoms with E-state index in [4.69, 9.17) is 15.5 Å². The number of fused-ring (bicyclic) bond motifs is 2. The second-order valence-electron chi connectivity index (χ2n) is 12.4. The number of rotatable bonds is 9. The fraction of sp³-hybridized carbons (Fsp3) is 0.586. The molecule has 1 saturated carbocycles. The lowest BCUT2D eigenvalue weighted by atomic mass is 9.66. The minimum Gasteiger partial charge on any atom is -0.395 e. The predicted octanol–water partition coefficient (Wildman–Crippen LogP) is 2.86. The van der Waals surface area contributed by atoms with Crippen LogP contribution in [-0.2, 0) is 16.6 Å². The Labute approximate surface area is 232 Å². The molecule has 2 fully saturated rings. The summed E-state index contributed by atoms with van der Waals surface area (Å²) in [5.74, 6) is 2.85. The third-order valence-corrected chi connectivity index (χ3v) is 9.18. The number of nitrogens with one attached hydrogen (secondary N) is 1. The number of aromatic amines is 1. The van der Waals surface area contributed by atoms with Crippen LogP contribution in [0.4, 0.5) is 5.82 Å². The molecule has 6 N–H and O–H groups in total. The molecule has 5 unspecified atom stereocenters. The number of hydrogen-bond donors (Lipinski definition) is 5. The third kappa shape index (κ3) is 4.85. The molecule has 214 valence electrons. The van der Waals surface area contributed by atoms with E-state index < -0.39 is 24.5 Å². The van der Waals surface area contributed by atoms with Gasteiger partial charge in [0.05, 0.1) is 30.1 Å². The van der Waals surface area contributed by atoms with Gasteiger partial charge in [0.15, 0.2) is 17.7 Å². The highest BCUT2D eigenvalue weighted by molar-refractivity contribution is 5.81. The largest absolute Gasteiger partial charge is 0.395 e. The Balaban J connectivity index is 1.01. The summed E-state index contributed by atoms with van der Waals surface area (Å²) in [6.07, 6.45) is 4.50. The standard InChI is InChI=1S/C29H39N7O4/c1-15(8-21-24(38)25(39)28(40-21)36-14-33-23-26(30)31-13-32-27(23)36)17-9-16(10-17)4-7-22-34-19-6-5-18(11-20(19)35-22)29(2,3)12-37/h5-6,11,13-17,21,24-25,28,37-39H,4,7-10,12H2,1-3H3,(H,34,35)(H2,30,31,32). The smallest absolute Gasteiger partial charge is 0.167 e. The maximum atomic E-state index is 10.8. The van der Waals surface area contributed by atoms with Gasteiger partial charge in [-0.2, -0.15) is 0 Å². The van der Waals surface area contributed by atoms with Gasteiger partial charge in [-0.05, 0) is 61.1 Å². The van der Waals surface area contributed by atoms with E-state index in [0.29, 0.717) is 35.3 Å². The van der Waals surface area contributed by atoms with E-state index in [0.717, 1.165) is 48.1 Å². The van der Waals surface area contributed by atoms with Crippen LogP contribution in [0.1, 0.15) is 64.1 Å². The zero-order chi connectivity index (χ0) is 28.2. The van der Waals surface area contributed by atoms with Crippen LogP contribution in [0.2, 0.25) is 0 Å². The number of anilines is 1. The lowest BCUT2D eigenvalue weighted by molar-refractivity contribution is -0.0469. The van der Waals surface area contributed by atoms with Crippen LogP contribution in [0.25, 0.3) is 22.2 Å². The van der Waals surface area contributed by atoms with E-state index in [2.05, 4.69) is 39.0 Å². The molecule has 1 saturated heterocycles. The number of aromatic nitrogens is 6. The molecule has 0 radical (unpaired) electrons. The average Bonchev–Trinajstić information content (AvgIpc) is 3.60. The minimum absolute atomic E-state index is 0.0977. The first-order valence-corrected chi connectivity index (χ1v) is 14.2. The molecule has 4 heterocycles. The van der Waals surface area contributed by atoms with Crippen LogP contribution in [-0.4, -0.2) is 69.7 Å². The van der Waals surface area contributed by atoms with Gasteiger partial charge in [0.1, 0.15) is 29.9 Å². The maximum Gasteiger partial charge on any atom is 0.167 e. The summed E-state index contributed by atoms with van der Waals surface area (Å²) in [6.45, 7) is 6.38. The van der Waals surface area contributed by atoms with Gasteiger partial charge in [0.2, 0.25) is 0 Å². The van der Waals surface area contributed by atoms with Gasteiger partial charge in [0, 0.05) is 11.8 Å². The predicted molar refractivity (Wildman–Crippen MR) is 150 cm³/mol. The van der Waals surface area contributed by atoms with Crippen molar-refractivity contribution in [2.75, 3.05) is 12.3 Å². The number of nitrogen functional groups attached to an aromatic ring is 1. The van der Waals surface area contributed by atoms with Crippen molar-refractivity contribution >= 4 is 28.0 Å². The van der Waals surface area contributed by atoms with Crippen molar-refractivity contribution in [1.29, 1.82) is 0 Å². The van der Waals surface area contributed by atoms with Gasteiger partial charge in [-0.25, -0.2) is 19.9 Å². The fourth-order valence-corrected chi connectivity index (χ4v) is 6.29. The van der Waals surface area contributed by atoms with Crippen molar-refractivity contribution in [3.05, 3.63) is 42.2 Å². The van der Waals surface area contributed by atoms with Crippen LogP contribution in [0.15, 0.2) is 30.9 Å². The summed E-state index contributed by atoms with van der Waals surface area (Å²) >= 11 is 0. The highest BCUT2D eigenvalue weighted by Crippen LogP contribution is 2.44. The van der Waals surface area contributed by atoms with Crippen LogP contribution in [0, 0.1) is 17.8 Å². The number of aliphatic hydroxyl groups is 3. The summed E-state index contributed by atoms with van der Waals surface area (Å²) in [4.78, 5) is 20.7. The second kappa shape index (κ2) is 10.4. The summed E-state index contributed by atoms with van der Waals surface area (Å²) < 4.78 is 7.78. The number of nitrogens with zero attached hydrogens (tertiary/aromatic N) is 5. The first-order valence-electron chi connectivity index (χ1n) is 14.2. The van der Waals surface area contributed by atoms with Gasteiger partial charge in [0.25, 0.3) is 0 Å². The maximum absolute atomic E-state index is 10.8. The quantitative estimate of drug-likeness (QED) is 0.211. The average molecular weight is 550 g/mol. The number of nitrogens with two attached hydrogens (primary N) is 1. The molecule has 1 aliphatic heterocycles. The van der Waals surface area contributed by atoms with Gasteiger partial charge in [-0.15, -0.1) is 0 Å². The molecule has 0 bridgehead atoms. The molecule has 4 aromatic rings. The summed E-state index contributed by atoms with van der Waals surface area (Å²) in [7, 11) is 0. The number of H-pyrrole nitrogens is 1. The van der Waals surface area contributed by atoms with Crippen molar-refractivity contribution in [2.45, 2.75) is 82.8 Å². The van der Waals surface area contributed by atoms with Crippen LogP contribution < -0.4 is 5.73 Å². The molecular weight excluding hydrogens is 510 g/mol. The van der Waals surface area contributed by atoms with E-state index in [1.807, 2.05) is 19.9 Å². The number of imidazole rings is 2. The molecule has 40 heavy (non-hydrogen) atoms. The Morgan fingerprint density at radius 2 is 1.98 bits per heavy atom. The van der Waals surface area contributed by atoms with Crippen LogP contribution in [0.3, 0.4) is 0 Å². The van der Waals surface area contributed by atoms with Crippen LogP contribution >= 0.6 is 0 Å². The zero-order valence-corrected chi connectivity index (χ0v) is 23.2. The highest BCUT2D eigenvalue weighted by atomic mass is 16.6. The number of aryl methyl sites for hydroxylation is 1. The van der Waals surface area contributed by atoms with Crippen molar-refractivity contribution in [2.24, 2.45) is 17.8 Å². The first-order chi connectivity index (χ1) is 19.1. The molecule has 11 heteroatoms. The number of benzene rings is 1. The molecular formula is C29H39N7O4. The molecule has 2 aliphatic rings. The van der Waals surface area contributed by atoms with Crippen molar-refractivity contribution in [3.63, 3.8) is 0 Å². The van der Waals surface area contributed by atoms with Gasteiger partial charge in [-0.1, -0.05) is 26.8 Å². The number of ether oxygens (including phenoxy) is 1. The monoisotopic (exact) mass is 549 g/mol. The van der Waals surface area contributed by atoms with Crippen molar-refractivity contribution < 1.29 is 20.1 Å². The zero-order valence-electron chi connectivity index (χ0n) is 23.2. The van der Waals surface area contributed by atoms with E-state index in [1.54, 1.807) is 4.57 Å². The Morgan fingerprint density at radius 1 is 1.18 bits per heavy atom. The second-order valence-corrected chi connectivity index (χ2v) is 12.4. The Bertz CT molecular complexity index is 1490. The summed E-state index contributed by atoms with van der Waals surface area (Å²) in [5, 5.41) is 31.3. The van der Waals surface area contributed by atoms with Gasteiger partial charge in [-0.3, -0.25) is 4.57 Å². The third-order valence-electron chi connectivity index (χ3n) is 9.18. The summed E-state index contributed by atoms with van der Waals surface area (Å²) in [6, 6.07) is 6.18. The molecule has 1 aromatic carbocycles. The van der Waals surface area contributed by atoms with Crippen molar-refractivity contribution in [1.82, 2.24) is 29.5 Å². The SMILES string of the molecule is CC(CC1OC(n2cnc3c(N)ncnc32)C(O)C1O)C1CC(CCc2nc3ccc(C(C)(C)CO)cc3[nH]2)C1. The minimum atomic E-state index is -1.09. The highest BCUT2D eigenvalue weighted by Gasteiger charge is 2.46. The Hall–Kier alpha value is -3.12. The van der Waals surface area contributed by atoms with Gasteiger partial charge >= 0.3 is 0 Å². The van der Waals surface area contributed by atoms with Crippen LogP contribution in [0.5, 0.6) is 0 Å². The van der Waals surface area contributed by atoms with E-state index in [-0.39, 0.29) is 17.8 Å². The lowest BCUT2D eigenvalue weighted by Gasteiger charge is -2.40. The molecule has 5 atom stereocenters. The normalized spacial score (nSPS) is 27.9. The molecule has 1 aliphatic carbocycles. The molecule has 11 nitrogen and oxygen atoms in total.